The minimum absolute atomic E-state index is 0.314. The number of hydrogen-bond donors (Lipinski definition) is 1. The van der Waals surface area contributed by atoms with Crippen molar-refractivity contribution in [2.75, 3.05) is 36.5 Å². The number of hydrogen-bond acceptors (Lipinski definition) is 5. The first-order valence-electron chi connectivity index (χ1n) is 9.80. The minimum atomic E-state index is -0.340. The van der Waals surface area contributed by atoms with E-state index < -0.39 is 0 Å². The van der Waals surface area contributed by atoms with Crippen LogP contribution in [-0.4, -0.2) is 47.0 Å². The molecule has 1 N–H and O–H groups in total. The Labute approximate surface area is 184 Å². The van der Waals surface area contributed by atoms with Crippen molar-refractivity contribution in [3.63, 3.8) is 0 Å². The summed E-state index contributed by atoms with van der Waals surface area (Å²) in [6.45, 7) is 4.76. The first-order chi connectivity index (χ1) is 15.0. The Kier molecular flexibility index (Phi) is 6.29. The zero-order valence-corrected chi connectivity index (χ0v) is 17.6. The van der Waals surface area contributed by atoms with Crippen LogP contribution in [-0.2, 0) is 9.53 Å². The van der Waals surface area contributed by atoms with Gasteiger partial charge in [0.25, 0.3) is 0 Å². The van der Waals surface area contributed by atoms with Gasteiger partial charge in [0.15, 0.2) is 0 Å². The molecule has 4 rings (SSSR count). The van der Waals surface area contributed by atoms with E-state index in [-0.39, 0.29) is 11.7 Å². The zero-order valence-electron chi connectivity index (χ0n) is 16.9. The molecule has 160 valence electrons. The zero-order chi connectivity index (χ0) is 21.8. The Morgan fingerprint density at radius 2 is 1.94 bits per heavy atom. The molecule has 1 aliphatic heterocycles. The molecule has 9 heteroatoms. The van der Waals surface area contributed by atoms with Gasteiger partial charge in [-0.3, -0.25) is 4.79 Å². The van der Waals surface area contributed by atoms with Crippen LogP contribution in [0.3, 0.4) is 0 Å². The lowest BCUT2D eigenvalue weighted by molar-refractivity contribution is -0.111. The number of benzene rings is 1. The number of carbonyl (C=O) groups excluding carboxylic acids is 1. The summed E-state index contributed by atoms with van der Waals surface area (Å²) in [5.41, 5.74) is 2.48. The number of morpholine rings is 1. The number of amides is 1. The first kappa shape index (κ1) is 21.0. The second kappa shape index (κ2) is 9.28. The molecule has 7 nitrogen and oxygen atoms in total. The van der Waals surface area contributed by atoms with Crippen molar-refractivity contribution in [2.24, 2.45) is 0 Å². The molecular formula is C22H21ClFN5O2. The summed E-state index contributed by atoms with van der Waals surface area (Å²) < 4.78 is 20.0. The van der Waals surface area contributed by atoms with Gasteiger partial charge in [0.1, 0.15) is 16.8 Å². The number of halogens is 2. The molecule has 0 radical (unpaired) electrons. The van der Waals surface area contributed by atoms with Crippen LogP contribution >= 0.6 is 11.6 Å². The Morgan fingerprint density at radius 1 is 1.19 bits per heavy atom. The quantitative estimate of drug-likeness (QED) is 0.609. The predicted molar refractivity (Wildman–Crippen MR) is 118 cm³/mol. The Balaban J connectivity index is 1.43. The highest BCUT2D eigenvalue weighted by atomic mass is 35.5. The van der Waals surface area contributed by atoms with Crippen molar-refractivity contribution in [1.29, 1.82) is 0 Å². The molecule has 3 heterocycles. The maximum absolute atomic E-state index is 13.2. The van der Waals surface area contributed by atoms with Crippen LogP contribution in [0.25, 0.3) is 11.8 Å². The van der Waals surface area contributed by atoms with E-state index in [1.807, 2.05) is 12.1 Å². The van der Waals surface area contributed by atoms with E-state index in [0.29, 0.717) is 41.0 Å². The van der Waals surface area contributed by atoms with Gasteiger partial charge in [-0.05, 0) is 49.4 Å². The van der Waals surface area contributed by atoms with E-state index in [4.69, 9.17) is 16.3 Å². The molecule has 1 aliphatic rings. The molecule has 0 bridgehead atoms. The fraction of sp³-hybridized carbons (Fsp3) is 0.227. The van der Waals surface area contributed by atoms with Crippen molar-refractivity contribution in [1.82, 2.24) is 14.8 Å². The van der Waals surface area contributed by atoms with E-state index in [2.05, 4.69) is 20.3 Å². The van der Waals surface area contributed by atoms with Gasteiger partial charge in [-0.25, -0.2) is 14.1 Å². The van der Waals surface area contributed by atoms with Crippen molar-refractivity contribution >= 4 is 35.1 Å². The molecule has 2 aromatic heterocycles. The average molecular weight is 442 g/mol. The lowest BCUT2D eigenvalue weighted by Gasteiger charge is -2.27. The molecule has 31 heavy (non-hydrogen) atoms. The van der Waals surface area contributed by atoms with Gasteiger partial charge in [-0.1, -0.05) is 11.6 Å². The third-order valence-electron chi connectivity index (χ3n) is 4.87. The van der Waals surface area contributed by atoms with E-state index >= 15 is 0 Å². The summed E-state index contributed by atoms with van der Waals surface area (Å²) >= 11 is 6.44. The highest BCUT2D eigenvalue weighted by Gasteiger charge is 2.14. The highest BCUT2D eigenvalue weighted by Crippen LogP contribution is 2.25. The van der Waals surface area contributed by atoms with Gasteiger partial charge in [0.2, 0.25) is 5.91 Å². The summed E-state index contributed by atoms with van der Waals surface area (Å²) in [5.74, 6) is 0.200. The van der Waals surface area contributed by atoms with Gasteiger partial charge in [0, 0.05) is 24.7 Å². The fourth-order valence-corrected chi connectivity index (χ4v) is 3.57. The van der Waals surface area contributed by atoms with Crippen molar-refractivity contribution < 1.29 is 13.9 Å². The summed E-state index contributed by atoms with van der Waals surface area (Å²) in [4.78, 5) is 18.9. The summed E-state index contributed by atoms with van der Waals surface area (Å²) in [5, 5.41) is 7.50. The van der Waals surface area contributed by atoms with Crippen LogP contribution < -0.4 is 10.2 Å². The minimum Gasteiger partial charge on any atom is -0.378 e. The van der Waals surface area contributed by atoms with Crippen LogP contribution in [0.1, 0.15) is 11.3 Å². The highest BCUT2D eigenvalue weighted by molar-refractivity contribution is 6.31. The summed E-state index contributed by atoms with van der Waals surface area (Å²) in [6.07, 6.45) is 4.62. The van der Waals surface area contributed by atoms with Gasteiger partial charge in [0.05, 0.1) is 36.5 Å². The third kappa shape index (κ3) is 4.92. The number of nitrogens with one attached hydrogen (secondary N) is 1. The second-order valence-corrected chi connectivity index (χ2v) is 7.36. The molecular weight excluding hydrogens is 421 g/mol. The fourth-order valence-electron chi connectivity index (χ4n) is 3.24. The number of nitrogens with zero attached hydrogens (tertiary/aromatic N) is 4. The molecule has 0 unspecified atom stereocenters. The van der Waals surface area contributed by atoms with Crippen LogP contribution in [0.15, 0.2) is 48.7 Å². The number of carbonyl (C=O) groups is 1. The number of anilines is 2. The topological polar surface area (TPSA) is 72.3 Å². The molecule has 0 atom stereocenters. The van der Waals surface area contributed by atoms with E-state index in [1.165, 1.54) is 22.9 Å². The number of aryl methyl sites for hydroxylation is 1. The normalized spacial score (nSPS) is 14.2. The Morgan fingerprint density at radius 3 is 2.61 bits per heavy atom. The van der Waals surface area contributed by atoms with E-state index in [9.17, 15) is 9.18 Å². The van der Waals surface area contributed by atoms with Crippen molar-refractivity contribution in [3.8, 4) is 5.69 Å². The molecule has 0 aliphatic carbocycles. The van der Waals surface area contributed by atoms with Crippen molar-refractivity contribution in [2.45, 2.75) is 6.92 Å². The SMILES string of the molecule is Cc1nn(-c2ccc(F)cc2)c(Cl)c1/C=C/C(=O)Nc1ccc(N2CCOCC2)nc1. The second-order valence-electron chi connectivity index (χ2n) is 7.01. The van der Waals surface area contributed by atoms with Gasteiger partial charge >= 0.3 is 0 Å². The van der Waals surface area contributed by atoms with Crippen molar-refractivity contribution in [3.05, 3.63) is 70.9 Å². The molecule has 0 saturated carbocycles. The molecule has 0 spiro atoms. The molecule has 1 aromatic carbocycles. The van der Waals surface area contributed by atoms with Crippen LogP contribution in [0.4, 0.5) is 15.9 Å². The van der Waals surface area contributed by atoms with Gasteiger partial charge in [-0.15, -0.1) is 0 Å². The number of pyridine rings is 1. The smallest absolute Gasteiger partial charge is 0.248 e. The number of aromatic nitrogens is 3. The number of rotatable bonds is 5. The molecule has 1 saturated heterocycles. The average Bonchev–Trinajstić information content (AvgIpc) is 3.07. The van der Waals surface area contributed by atoms with Crippen LogP contribution in [0.5, 0.6) is 0 Å². The van der Waals surface area contributed by atoms with Gasteiger partial charge in [-0.2, -0.15) is 5.10 Å². The summed E-state index contributed by atoms with van der Waals surface area (Å²) in [6, 6.07) is 9.53. The lowest BCUT2D eigenvalue weighted by atomic mass is 10.2. The Hall–Kier alpha value is -3.23. The lowest BCUT2D eigenvalue weighted by Crippen LogP contribution is -2.36. The Bertz CT molecular complexity index is 1090. The largest absolute Gasteiger partial charge is 0.378 e. The summed E-state index contributed by atoms with van der Waals surface area (Å²) in [7, 11) is 0. The van der Waals surface area contributed by atoms with Gasteiger partial charge < -0.3 is 15.0 Å². The number of ether oxygens (including phenoxy) is 1. The molecule has 1 amide bonds. The first-order valence-corrected chi connectivity index (χ1v) is 10.2. The van der Waals surface area contributed by atoms with E-state index in [1.54, 1.807) is 31.3 Å². The predicted octanol–water partition coefficient (Wildman–Crippen LogP) is 3.86. The monoisotopic (exact) mass is 441 g/mol. The van der Waals surface area contributed by atoms with E-state index in [0.717, 1.165) is 18.9 Å². The maximum atomic E-state index is 13.2. The third-order valence-corrected chi connectivity index (χ3v) is 5.23. The standard InChI is InChI=1S/C22H21ClFN5O2/c1-15-19(22(23)29(27-15)18-5-2-16(24)3-6-18)7-9-21(30)26-17-4-8-20(25-14-17)28-10-12-31-13-11-28/h2-9,14H,10-13H2,1H3,(H,26,30)/b9-7+. The van der Waals surface area contributed by atoms with Crippen LogP contribution in [0.2, 0.25) is 5.15 Å². The van der Waals surface area contributed by atoms with Crippen LogP contribution in [0, 0.1) is 12.7 Å². The molecule has 1 fully saturated rings. The maximum Gasteiger partial charge on any atom is 0.248 e. The molecule has 3 aromatic rings.